The summed E-state index contributed by atoms with van der Waals surface area (Å²) in [5.41, 5.74) is 3.69. The second-order valence-electron chi connectivity index (χ2n) is 5.70. The van der Waals surface area contributed by atoms with Crippen molar-refractivity contribution in [2.75, 3.05) is 7.05 Å². The molecule has 1 saturated heterocycles. The molecule has 0 spiro atoms. The molecule has 1 heterocycles. The second kappa shape index (κ2) is 6.84. The van der Waals surface area contributed by atoms with E-state index in [1.54, 1.807) is 13.1 Å². The lowest BCUT2D eigenvalue weighted by Gasteiger charge is -2.07. The number of nitrogens with zero attached hydrogens (tertiary/aromatic N) is 1. The van der Waals surface area contributed by atoms with E-state index >= 15 is 0 Å². The van der Waals surface area contributed by atoms with Crippen molar-refractivity contribution in [2.24, 2.45) is 0 Å². The zero-order valence-corrected chi connectivity index (χ0v) is 14.4. The zero-order valence-electron chi connectivity index (χ0n) is 13.6. The number of hydrogen-bond donors (Lipinski definition) is 1. The van der Waals surface area contributed by atoms with Gasteiger partial charge in [-0.3, -0.25) is 9.69 Å². The molecule has 1 amide bonds. The Morgan fingerprint density at radius 3 is 2.62 bits per heavy atom. The van der Waals surface area contributed by atoms with Gasteiger partial charge in [0.05, 0.1) is 0 Å². The van der Waals surface area contributed by atoms with Crippen LogP contribution in [-0.4, -0.2) is 23.0 Å². The molecule has 0 saturated carbocycles. The van der Waals surface area contributed by atoms with Crippen LogP contribution in [0.2, 0.25) is 0 Å². The Bertz CT molecular complexity index is 812. The predicted octanol–water partition coefficient (Wildman–Crippen LogP) is 3.26. The Hall–Kier alpha value is -2.66. The van der Waals surface area contributed by atoms with Crippen molar-refractivity contribution in [3.05, 3.63) is 70.9 Å². The molecule has 122 valence electrons. The maximum Gasteiger partial charge on any atom is 0.276 e. The lowest BCUT2D eigenvalue weighted by atomic mass is 10.1. The van der Waals surface area contributed by atoms with Crippen LogP contribution in [0.3, 0.4) is 0 Å². The molecule has 0 radical (unpaired) electrons. The van der Waals surface area contributed by atoms with Crippen molar-refractivity contribution in [1.82, 2.24) is 10.2 Å². The van der Waals surface area contributed by atoms with E-state index in [-0.39, 0.29) is 5.91 Å². The number of amides is 1. The maximum atomic E-state index is 12.0. The molecule has 1 fully saturated rings. The first-order valence-electron chi connectivity index (χ1n) is 7.62. The summed E-state index contributed by atoms with van der Waals surface area (Å²) in [6.45, 7) is 2.56. The van der Waals surface area contributed by atoms with Gasteiger partial charge in [-0.25, -0.2) is 0 Å². The summed E-state index contributed by atoms with van der Waals surface area (Å²) in [5.74, 6) is 0.622. The largest absolute Gasteiger partial charge is 0.489 e. The van der Waals surface area contributed by atoms with Gasteiger partial charge in [0.2, 0.25) is 0 Å². The van der Waals surface area contributed by atoms with Crippen molar-refractivity contribution in [3.8, 4) is 5.75 Å². The highest BCUT2D eigenvalue weighted by molar-refractivity contribution is 7.80. The van der Waals surface area contributed by atoms with Crippen LogP contribution in [0, 0.1) is 6.92 Å². The lowest BCUT2D eigenvalue weighted by Crippen LogP contribution is -2.25. The van der Waals surface area contributed by atoms with E-state index in [1.165, 1.54) is 10.5 Å². The number of carbonyl (C=O) groups excluding carboxylic acids is 1. The summed E-state index contributed by atoms with van der Waals surface area (Å²) in [6, 6.07) is 15.9. The molecular formula is C19H18N2O2S. The third kappa shape index (κ3) is 3.63. The molecule has 2 aromatic carbocycles. The normalized spacial score (nSPS) is 15.8. The molecule has 1 N–H and O–H groups in total. The molecule has 0 bridgehead atoms. The molecule has 1 aliphatic rings. The van der Waals surface area contributed by atoms with E-state index in [1.807, 2.05) is 24.3 Å². The van der Waals surface area contributed by atoms with E-state index in [9.17, 15) is 4.79 Å². The zero-order chi connectivity index (χ0) is 17.1. The molecule has 4 nitrogen and oxygen atoms in total. The first-order chi connectivity index (χ1) is 11.5. The fraction of sp³-hybridized carbons (Fsp3) is 0.158. The number of ether oxygens (including phenoxy) is 1. The Morgan fingerprint density at radius 2 is 1.96 bits per heavy atom. The molecule has 1 aliphatic heterocycles. The Kier molecular flexibility index (Phi) is 4.62. The van der Waals surface area contributed by atoms with Gasteiger partial charge in [-0.15, -0.1) is 0 Å². The number of rotatable bonds is 4. The fourth-order valence-corrected chi connectivity index (χ4v) is 2.53. The first-order valence-corrected chi connectivity index (χ1v) is 8.03. The summed E-state index contributed by atoms with van der Waals surface area (Å²) in [7, 11) is 1.65. The molecule has 3 rings (SSSR count). The highest BCUT2D eigenvalue weighted by Crippen LogP contribution is 2.19. The molecule has 0 aliphatic carbocycles. The van der Waals surface area contributed by atoms with Gasteiger partial charge >= 0.3 is 0 Å². The van der Waals surface area contributed by atoms with Crippen molar-refractivity contribution in [2.45, 2.75) is 13.5 Å². The van der Waals surface area contributed by atoms with Crippen molar-refractivity contribution in [1.29, 1.82) is 0 Å². The minimum atomic E-state index is -0.133. The maximum absolute atomic E-state index is 12.0. The highest BCUT2D eigenvalue weighted by Gasteiger charge is 2.26. The van der Waals surface area contributed by atoms with Crippen LogP contribution in [-0.2, 0) is 11.4 Å². The van der Waals surface area contributed by atoms with Gasteiger partial charge in [0.25, 0.3) is 5.91 Å². The van der Waals surface area contributed by atoms with Crippen LogP contribution in [0.4, 0.5) is 0 Å². The van der Waals surface area contributed by atoms with Gasteiger partial charge in [0.15, 0.2) is 5.11 Å². The van der Waals surface area contributed by atoms with E-state index in [0.29, 0.717) is 17.4 Å². The Balaban J connectivity index is 1.71. The van der Waals surface area contributed by atoms with Gasteiger partial charge in [0, 0.05) is 7.05 Å². The number of carbonyl (C=O) groups is 1. The fourth-order valence-electron chi connectivity index (χ4n) is 2.34. The van der Waals surface area contributed by atoms with Gasteiger partial charge in [-0.1, -0.05) is 42.0 Å². The number of aryl methyl sites for hydroxylation is 1. The SMILES string of the molecule is Cc1ccc(COc2cccc(/C=C3\NC(=S)N(C)C3=O)c2)cc1. The molecule has 24 heavy (non-hydrogen) atoms. The smallest absolute Gasteiger partial charge is 0.276 e. The van der Waals surface area contributed by atoms with Crippen LogP contribution in [0.1, 0.15) is 16.7 Å². The average Bonchev–Trinajstić information content (AvgIpc) is 2.82. The van der Waals surface area contributed by atoms with E-state index in [4.69, 9.17) is 17.0 Å². The molecule has 5 heteroatoms. The standard InChI is InChI=1S/C19H18N2O2S/c1-13-6-8-14(9-7-13)12-23-16-5-3-4-15(10-16)11-17-18(22)21(2)19(24)20-17/h3-11H,12H2,1-2H3,(H,20,24)/b17-11-. The third-order valence-corrected chi connectivity index (χ3v) is 4.15. The van der Waals surface area contributed by atoms with Gasteiger partial charge in [-0.2, -0.15) is 0 Å². The van der Waals surface area contributed by atoms with E-state index in [2.05, 4.69) is 36.5 Å². The molecular weight excluding hydrogens is 320 g/mol. The number of likely N-dealkylation sites (N-methyl/N-ethyl adjacent to an activating group) is 1. The highest BCUT2D eigenvalue weighted by atomic mass is 32.1. The minimum Gasteiger partial charge on any atom is -0.489 e. The summed E-state index contributed by atoms with van der Waals surface area (Å²) in [5, 5.41) is 3.33. The van der Waals surface area contributed by atoms with Crippen molar-refractivity contribution >= 4 is 29.3 Å². The molecule has 0 aromatic heterocycles. The number of hydrogen-bond acceptors (Lipinski definition) is 3. The second-order valence-corrected chi connectivity index (χ2v) is 6.09. The minimum absolute atomic E-state index is 0.133. The summed E-state index contributed by atoms with van der Waals surface area (Å²) in [4.78, 5) is 13.4. The number of benzene rings is 2. The first kappa shape index (κ1) is 16.2. The van der Waals surface area contributed by atoms with Crippen LogP contribution in [0.15, 0.2) is 54.2 Å². The number of nitrogens with one attached hydrogen (secondary N) is 1. The van der Waals surface area contributed by atoms with Gasteiger partial charge in [-0.05, 0) is 48.5 Å². The summed E-state index contributed by atoms with van der Waals surface area (Å²) in [6.07, 6.45) is 1.77. The monoisotopic (exact) mass is 338 g/mol. The Morgan fingerprint density at radius 1 is 1.21 bits per heavy atom. The molecule has 2 aromatic rings. The Labute approximate surface area is 146 Å². The summed E-state index contributed by atoms with van der Waals surface area (Å²) >= 11 is 5.07. The summed E-state index contributed by atoms with van der Waals surface area (Å²) < 4.78 is 5.84. The van der Waals surface area contributed by atoms with Gasteiger partial charge < -0.3 is 10.1 Å². The van der Waals surface area contributed by atoms with Crippen LogP contribution in [0.5, 0.6) is 5.75 Å². The van der Waals surface area contributed by atoms with Crippen LogP contribution in [0.25, 0.3) is 6.08 Å². The quantitative estimate of drug-likeness (QED) is 0.686. The molecule has 0 unspecified atom stereocenters. The lowest BCUT2D eigenvalue weighted by molar-refractivity contribution is -0.121. The van der Waals surface area contributed by atoms with Crippen LogP contribution < -0.4 is 10.1 Å². The van der Waals surface area contributed by atoms with E-state index in [0.717, 1.165) is 16.9 Å². The predicted molar refractivity (Wildman–Crippen MR) is 98.4 cm³/mol. The number of thiocarbonyl (C=S) groups is 1. The van der Waals surface area contributed by atoms with Crippen molar-refractivity contribution < 1.29 is 9.53 Å². The topological polar surface area (TPSA) is 41.6 Å². The molecule has 0 atom stereocenters. The van der Waals surface area contributed by atoms with Gasteiger partial charge in [0.1, 0.15) is 18.1 Å². The average molecular weight is 338 g/mol. The van der Waals surface area contributed by atoms with E-state index < -0.39 is 0 Å². The van der Waals surface area contributed by atoms with Crippen molar-refractivity contribution in [3.63, 3.8) is 0 Å². The third-order valence-electron chi connectivity index (χ3n) is 3.78. The van der Waals surface area contributed by atoms with Crippen LogP contribution >= 0.6 is 12.2 Å².